The largest absolute Gasteiger partial charge is 0.393 e. The van der Waals surface area contributed by atoms with Crippen LogP contribution in [0.2, 0.25) is 0 Å². The third-order valence-electron chi connectivity index (χ3n) is 9.70. The van der Waals surface area contributed by atoms with E-state index in [9.17, 15) is 9.50 Å². The van der Waals surface area contributed by atoms with Gasteiger partial charge in [0.1, 0.15) is 5.82 Å². The number of rotatable bonds is 2. The van der Waals surface area contributed by atoms with Crippen molar-refractivity contribution in [2.45, 2.75) is 84.3 Å². The second kappa shape index (κ2) is 8.36. The Balaban J connectivity index is 0.00000119. The molecule has 3 saturated carbocycles. The lowest BCUT2D eigenvalue weighted by molar-refractivity contribution is -0.200. The SMILES string of the molecule is C=C1CC2C3CC=C(c4cncc(F)c4)C3(C)CCC2C2(C)CCC(O)CC12OC.CC. The molecule has 5 rings (SSSR count). The van der Waals surface area contributed by atoms with E-state index in [2.05, 4.69) is 31.5 Å². The molecule has 1 N–H and O–H groups in total. The number of aliphatic hydroxyl groups excluding tert-OH is 1. The second-order valence-corrected chi connectivity index (χ2v) is 10.7. The van der Waals surface area contributed by atoms with Gasteiger partial charge in [0, 0.05) is 25.1 Å². The van der Waals surface area contributed by atoms with Crippen molar-refractivity contribution in [1.82, 2.24) is 4.98 Å². The van der Waals surface area contributed by atoms with E-state index in [1.54, 1.807) is 13.2 Å². The molecule has 3 nitrogen and oxygen atoms in total. The number of methoxy groups -OCH3 is 1. The van der Waals surface area contributed by atoms with Crippen molar-refractivity contribution in [1.29, 1.82) is 0 Å². The molecule has 4 aliphatic rings. The van der Waals surface area contributed by atoms with Gasteiger partial charge in [0.15, 0.2) is 0 Å². The van der Waals surface area contributed by atoms with E-state index in [1.807, 2.05) is 20.0 Å². The molecule has 0 bridgehead atoms. The number of ether oxygens (including phenoxy) is 1. The van der Waals surface area contributed by atoms with E-state index < -0.39 is 5.60 Å². The van der Waals surface area contributed by atoms with Crippen molar-refractivity contribution >= 4 is 5.57 Å². The summed E-state index contributed by atoms with van der Waals surface area (Å²) < 4.78 is 20.1. The van der Waals surface area contributed by atoms with E-state index >= 15 is 0 Å². The summed E-state index contributed by atoms with van der Waals surface area (Å²) in [5.41, 5.74) is 3.02. The number of pyridine rings is 1. The zero-order chi connectivity index (χ0) is 23.3. The Morgan fingerprint density at radius 1 is 1.16 bits per heavy atom. The van der Waals surface area contributed by atoms with Crippen molar-refractivity contribution in [2.24, 2.45) is 28.6 Å². The van der Waals surface area contributed by atoms with Crippen LogP contribution < -0.4 is 0 Å². The maximum Gasteiger partial charge on any atom is 0.142 e. The lowest BCUT2D eigenvalue weighted by Crippen LogP contribution is -2.64. The highest BCUT2D eigenvalue weighted by Gasteiger charge is 2.65. The van der Waals surface area contributed by atoms with Gasteiger partial charge in [0.25, 0.3) is 0 Å². The smallest absolute Gasteiger partial charge is 0.142 e. The number of hydrogen-bond acceptors (Lipinski definition) is 3. The molecule has 3 fully saturated rings. The summed E-state index contributed by atoms with van der Waals surface area (Å²) in [5, 5.41) is 10.5. The van der Waals surface area contributed by atoms with Crippen molar-refractivity contribution in [3.63, 3.8) is 0 Å². The maximum atomic E-state index is 13.9. The summed E-state index contributed by atoms with van der Waals surface area (Å²) in [4.78, 5) is 4.11. The Morgan fingerprint density at radius 2 is 1.91 bits per heavy atom. The monoisotopic (exact) mass is 441 g/mol. The number of allylic oxidation sites excluding steroid dienone is 2. The molecule has 1 heterocycles. The van der Waals surface area contributed by atoms with Gasteiger partial charge in [-0.25, -0.2) is 4.39 Å². The van der Waals surface area contributed by atoms with Crippen LogP contribution in [-0.4, -0.2) is 28.9 Å². The molecule has 1 aromatic rings. The number of hydrogen-bond donors (Lipinski definition) is 1. The molecule has 0 saturated heterocycles. The summed E-state index contributed by atoms with van der Waals surface area (Å²) in [6, 6.07) is 1.64. The fourth-order valence-electron chi connectivity index (χ4n) is 8.22. The fraction of sp³-hybridized carbons (Fsp3) is 0.679. The van der Waals surface area contributed by atoms with Gasteiger partial charge in [-0.05, 0) is 84.5 Å². The zero-order valence-corrected chi connectivity index (χ0v) is 20.5. The minimum atomic E-state index is -0.416. The molecule has 176 valence electrons. The topological polar surface area (TPSA) is 42.4 Å². The molecular weight excluding hydrogens is 401 g/mol. The van der Waals surface area contributed by atoms with Crippen molar-refractivity contribution in [3.05, 3.63) is 48.1 Å². The lowest BCUT2D eigenvalue weighted by atomic mass is 9.42. The van der Waals surface area contributed by atoms with E-state index in [4.69, 9.17) is 4.74 Å². The van der Waals surface area contributed by atoms with Crippen molar-refractivity contribution in [3.8, 4) is 0 Å². The van der Waals surface area contributed by atoms with Crippen LogP contribution in [0.5, 0.6) is 0 Å². The Hall–Kier alpha value is -1.52. The molecule has 1 aromatic heterocycles. The molecule has 7 atom stereocenters. The Labute approximate surface area is 193 Å². The van der Waals surface area contributed by atoms with Crippen LogP contribution in [0.25, 0.3) is 5.57 Å². The number of aliphatic hydroxyl groups is 1. The van der Waals surface area contributed by atoms with Crippen LogP contribution in [0.4, 0.5) is 4.39 Å². The van der Waals surface area contributed by atoms with Crippen molar-refractivity contribution in [2.75, 3.05) is 7.11 Å². The van der Waals surface area contributed by atoms with Gasteiger partial charge in [0.05, 0.1) is 17.9 Å². The summed E-state index contributed by atoms with van der Waals surface area (Å²) >= 11 is 0. The number of nitrogens with zero attached hydrogens (tertiary/aromatic N) is 1. The molecule has 0 spiro atoms. The Morgan fingerprint density at radius 3 is 2.59 bits per heavy atom. The third-order valence-corrected chi connectivity index (χ3v) is 9.70. The first-order valence-corrected chi connectivity index (χ1v) is 12.5. The first-order valence-electron chi connectivity index (χ1n) is 12.5. The highest BCUT2D eigenvalue weighted by Crippen LogP contribution is 2.69. The van der Waals surface area contributed by atoms with Crippen molar-refractivity contribution < 1.29 is 14.2 Å². The standard InChI is InChI=1S/C26H34FNO2.C2H6/c1-16-11-20-22-6-5-21(17-12-18(27)15-28-14-17)24(22,2)9-8-23(20)25(3)10-7-19(29)13-26(16,25)30-4;1-2/h5,12,14-15,19-20,22-23,29H,1,6-11,13H2,2-4H3;1-2H3. The van der Waals surface area contributed by atoms with Crippen LogP contribution in [0, 0.1) is 34.4 Å². The van der Waals surface area contributed by atoms with Crippen LogP contribution >= 0.6 is 0 Å². The quantitative estimate of drug-likeness (QED) is 0.527. The minimum absolute atomic E-state index is 0.00543. The van der Waals surface area contributed by atoms with Gasteiger partial charge in [-0.15, -0.1) is 0 Å². The van der Waals surface area contributed by atoms with Gasteiger partial charge in [-0.2, -0.15) is 0 Å². The van der Waals surface area contributed by atoms with Crippen LogP contribution in [0.15, 0.2) is 36.7 Å². The first kappa shape index (κ1) is 23.6. The summed E-state index contributed by atoms with van der Waals surface area (Å²) in [5.74, 6) is 1.38. The Kier molecular flexibility index (Phi) is 6.17. The van der Waals surface area contributed by atoms with Crippen LogP contribution in [0.1, 0.15) is 78.2 Å². The third kappa shape index (κ3) is 3.16. The first-order chi connectivity index (χ1) is 15.2. The van der Waals surface area contributed by atoms with Crippen LogP contribution in [0.3, 0.4) is 0 Å². The molecule has 0 amide bonds. The van der Waals surface area contributed by atoms with E-state index in [0.717, 1.165) is 49.7 Å². The molecule has 0 aromatic carbocycles. The molecule has 0 radical (unpaired) electrons. The van der Waals surface area contributed by atoms with Gasteiger partial charge in [0.2, 0.25) is 0 Å². The molecule has 4 aliphatic carbocycles. The second-order valence-electron chi connectivity index (χ2n) is 10.7. The summed E-state index contributed by atoms with van der Waals surface area (Å²) in [7, 11) is 1.81. The average molecular weight is 442 g/mol. The van der Waals surface area contributed by atoms with Gasteiger partial charge >= 0.3 is 0 Å². The molecule has 7 unspecified atom stereocenters. The van der Waals surface area contributed by atoms with E-state index in [1.165, 1.54) is 11.8 Å². The molecular formula is C28H40FNO2. The number of fused-ring (bicyclic) bond motifs is 5. The average Bonchev–Trinajstić information content (AvgIpc) is 3.14. The van der Waals surface area contributed by atoms with Crippen LogP contribution in [-0.2, 0) is 4.74 Å². The highest BCUT2D eigenvalue weighted by molar-refractivity contribution is 5.72. The predicted octanol–water partition coefficient (Wildman–Crippen LogP) is 6.58. The van der Waals surface area contributed by atoms with Gasteiger partial charge in [-0.3, -0.25) is 4.98 Å². The lowest BCUT2D eigenvalue weighted by Gasteiger charge is -2.65. The van der Waals surface area contributed by atoms with E-state index in [-0.39, 0.29) is 22.8 Å². The van der Waals surface area contributed by atoms with E-state index in [0.29, 0.717) is 24.2 Å². The number of halogens is 1. The highest BCUT2D eigenvalue weighted by atomic mass is 19.1. The normalized spacial score (nSPS) is 42.7. The summed E-state index contributed by atoms with van der Waals surface area (Å²) in [6.07, 6.45) is 11.9. The summed E-state index contributed by atoms with van der Waals surface area (Å²) in [6.45, 7) is 13.3. The predicted molar refractivity (Wildman–Crippen MR) is 127 cm³/mol. The van der Waals surface area contributed by atoms with Gasteiger partial charge in [-0.1, -0.05) is 40.3 Å². The fourth-order valence-corrected chi connectivity index (χ4v) is 8.22. The molecule has 4 heteroatoms. The molecule has 0 aliphatic heterocycles. The number of aromatic nitrogens is 1. The molecule has 32 heavy (non-hydrogen) atoms. The Bertz CT molecular complexity index is 912. The minimum Gasteiger partial charge on any atom is -0.393 e. The maximum absolute atomic E-state index is 13.9. The zero-order valence-electron chi connectivity index (χ0n) is 20.5. The van der Waals surface area contributed by atoms with Gasteiger partial charge < -0.3 is 9.84 Å².